The van der Waals surface area contributed by atoms with E-state index in [1.165, 1.54) is 55.5 Å². The SMILES string of the molecule is CC[N+]1(CC=C(C)C)CCCCC1. The van der Waals surface area contributed by atoms with E-state index in [1.807, 2.05) is 0 Å². The fraction of sp³-hybridized carbons (Fsp3) is 0.833. The molecule has 1 saturated heterocycles. The summed E-state index contributed by atoms with van der Waals surface area (Å²) < 4.78 is 1.34. The molecule has 0 aromatic heterocycles. The Morgan fingerprint density at radius 2 is 1.77 bits per heavy atom. The highest BCUT2D eigenvalue weighted by molar-refractivity contribution is 4.93. The standard InChI is InChI=1S/C12H24N/c1-4-13(11-8-12(2)3)9-6-5-7-10-13/h8H,4-7,9-11H2,1-3H3/q+1. The number of hydrogen-bond acceptors (Lipinski definition) is 0. The Hall–Kier alpha value is -0.300. The third-order valence-electron chi connectivity index (χ3n) is 3.32. The van der Waals surface area contributed by atoms with Gasteiger partial charge in [-0.25, -0.2) is 0 Å². The van der Waals surface area contributed by atoms with E-state index in [2.05, 4.69) is 26.8 Å². The first kappa shape index (κ1) is 10.8. The summed E-state index contributed by atoms with van der Waals surface area (Å²) in [5.74, 6) is 0. The van der Waals surface area contributed by atoms with Gasteiger partial charge in [-0.2, -0.15) is 0 Å². The van der Waals surface area contributed by atoms with Crippen molar-refractivity contribution < 1.29 is 4.48 Å². The van der Waals surface area contributed by atoms with E-state index in [0.717, 1.165) is 0 Å². The van der Waals surface area contributed by atoms with Crippen LogP contribution in [0.15, 0.2) is 11.6 Å². The number of likely N-dealkylation sites (tertiary alicyclic amines) is 1. The molecule has 0 unspecified atom stereocenters. The molecule has 1 fully saturated rings. The van der Waals surface area contributed by atoms with Gasteiger partial charge in [0.1, 0.15) is 0 Å². The second-order valence-corrected chi connectivity index (χ2v) is 4.63. The van der Waals surface area contributed by atoms with Crippen LogP contribution in [0.1, 0.15) is 40.0 Å². The molecule has 1 rings (SSSR count). The molecule has 1 heteroatoms. The number of rotatable bonds is 3. The first-order chi connectivity index (χ1) is 6.18. The predicted molar refractivity (Wildman–Crippen MR) is 58.7 cm³/mol. The van der Waals surface area contributed by atoms with Crippen molar-refractivity contribution >= 4 is 0 Å². The Morgan fingerprint density at radius 3 is 2.23 bits per heavy atom. The molecule has 1 aliphatic heterocycles. The van der Waals surface area contributed by atoms with Crippen LogP contribution >= 0.6 is 0 Å². The summed E-state index contributed by atoms with van der Waals surface area (Å²) in [4.78, 5) is 0. The Labute approximate surface area is 83.0 Å². The van der Waals surface area contributed by atoms with E-state index < -0.39 is 0 Å². The lowest BCUT2D eigenvalue weighted by Gasteiger charge is -2.40. The van der Waals surface area contributed by atoms with Gasteiger partial charge in [0.15, 0.2) is 0 Å². The molecule has 0 aromatic carbocycles. The Kier molecular flexibility index (Phi) is 3.98. The maximum Gasteiger partial charge on any atom is 0.0976 e. The summed E-state index contributed by atoms with van der Waals surface area (Å²) in [6.07, 6.45) is 6.73. The minimum absolute atomic E-state index is 1.26. The zero-order valence-corrected chi connectivity index (χ0v) is 9.47. The van der Waals surface area contributed by atoms with Gasteiger partial charge in [0.25, 0.3) is 0 Å². The highest BCUT2D eigenvalue weighted by Gasteiger charge is 2.26. The van der Waals surface area contributed by atoms with Crippen LogP contribution in [-0.2, 0) is 0 Å². The molecule has 0 amide bonds. The minimum Gasteiger partial charge on any atom is -0.321 e. The summed E-state index contributed by atoms with van der Waals surface area (Å²) in [7, 11) is 0. The summed E-state index contributed by atoms with van der Waals surface area (Å²) in [6, 6.07) is 0. The monoisotopic (exact) mass is 182 g/mol. The maximum absolute atomic E-state index is 2.41. The highest BCUT2D eigenvalue weighted by Crippen LogP contribution is 2.18. The number of piperidine rings is 1. The van der Waals surface area contributed by atoms with Gasteiger partial charge < -0.3 is 4.48 Å². The molecule has 0 spiro atoms. The van der Waals surface area contributed by atoms with Crippen molar-refractivity contribution in [1.29, 1.82) is 0 Å². The summed E-state index contributed by atoms with van der Waals surface area (Å²) in [5.41, 5.74) is 1.47. The lowest BCUT2D eigenvalue weighted by atomic mass is 10.1. The van der Waals surface area contributed by atoms with Crippen LogP contribution in [0.3, 0.4) is 0 Å². The van der Waals surface area contributed by atoms with E-state index in [4.69, 9.17) is 0 Å². The van der Waals surface area contributed by atoms with Crippen molar-refractivity contribution in [1.82, 2.24) is 0 Å². The topological polar surface area (TPSA) is 0 Å². The number of allylic oxidation sites excluding steroid dienone is 1. The molecular formula is C12H24N+. The number of nitrogens with zero attached hydrogens (tertiary/aromatic N) is 1. The average Bonchev–Trinajstić information content (AvgIpc) is 2.16. The van der Waals surface area contributed by atoms with Crippen LogP contribution in [0.25, 0.3) is 0 Å². The summed E-state index contributed by atoms with van der Waals surface area (Å²) >= 11 is 0. The zero-order valence-electron chi connectivity index (χ0n) is 9.47. The van der Waals surface area contributed by atoms with Crippen LogP contribution in [0.5, 0.6) is 0 Å². The lowest BCUT2D eigenvalue weighted by molar-refractivity contribution is -0.925. The summed E-state index contributed by atoms with van der Waals surface area (Å²) in [6.45, 7) is 12.1. The average molecular weight is 182 g/mol. The van der Waals surface area contributed by atoms with Gasteiger partial charge in [0.2, 0.25) is 0 Å². The Morgan fingerprint density at radius 1 is 1.15 bits per heavy atom. The first-order valence-corrected chi connectivity index (χ1v) is 5.67. The van der Waals surface area contributed by atoms with Gasteiger partial charge in [-0.1, -0.05) is 5.57 Å². The molecule has 0 bridgehead atoms. The molecule has 0 N–H and O–H groups in total. The molecule has 1 aliphatic rings. The van der Waals surface area contributed by atoms with E-state index >= 15 is 0 Å². The highest BCUT2D eigenvalue weighted by atomic mass is 15.3. The van der Waals surface area contributed by atoms with Gasteiger partial charge in [0, 0.05) is 0 Å². The predicted octanol–water partition coefficient (Wildman–Crippen LogP) is 2.97. The molecular weight excluding hydrogens is 158 g/mol. The number of likely N-dealkylation sites (N-methyl/N-ethyl adjacent to an activating group) is 1. The third-order valence-corrected chi connectivity index (χ3v) is 3.32. The van der Waals surface area contributed by atoms with Crippen molar-refractivity contribution in [3.8, 4) is 0 Å². The molecule has 0 aromatic rings. The second-order valence-electron chi connectivity index (χ2n) is 4.63. The number of hydrogen-bond donors (Lipinski definition) is 0. The van der Waals surface area contributed by atoms with Crippen molar-refractivity contribution in [2.45, 2.75) is 40.0 Å². The van der Waals surface area contributed by atoms with Gasteiger partial charge >= 0.3 is 0 Å². The Balaban J connectivity index is 2.52. The summed E-state index contributed by atoms with van der Waals surface area (Å²) in [5, 5.41) is 0. The van der Waals surface area contributed by atoms with Crippen molar-refractivity contribution in [3.63, 3.8) is 0 Å². The minimum atomic E-state index is 1.26. The van der Waals surface area contributed by atoms with Gasteiger partial charge in [-0.05, 0) is 46.1 Å². The van der Waals surface area contributed by atoms with Crippen LogP contribution in [-0.4, -0.2) is 30.7 Å². The molecule has 1 heterocycles. The lowest BCUT2D eigenvalue weighted by Crippen LogP contribution is -2.51. The molecule has 0 saturated carbocycles. The first-order valence-electron chi connectivity index (χ1n) is 5.67. The fourth-order valence-corrected chi connectivity index (χ4v) is 2.19. The van der Waals surface area contributed by atoms with Crippen LogP contribution in [0.4, 0.5) is 0 Å². The molecule has 76 valence electrons. The van der Waals surface area contributed by atoms with E-state index in [9.17, 15) is 0 Å². The quantitative estimate of drug-likeness (QED) is 0.465. The largest absolute Gasteiger partial charge is 0.321 e. The van der Waals surface area contributed by atoms with Crippen molar-refractivity contribution in [2.75, 3.05) is 26.2 Å². The molecule has 0 atom stereocenters. The van der Waals surface area contributed by atoms with E-state index in [-0.39, 0.29) is 0 Å². The number of quaternary nitrogens is 1. The van der Waals surface area contributed by atoms with Crippen LogP contribution in [0.2, 0.25) is 0 Å². The van der Waals surface area contributed by atoms with Crippen LogP contribution in [0, 0.1) is 0 Å². The van der Waals surface area contributed by atoms with Crippen molar-refractivity contribution in [3.05, 3.63) is 11.6 Å². The van der Waals surface area contributed by atoms with Gasteiger partial charge in [-0.15, -0.1) is 0 Å². The van der Waals surface area contributed by atoms with E-state index in [0.29, 0.717) is 0 Å². The Bertz CT molecular complexity index is 172. The third kappa shape index (κ3) is 3.15. The molecule has 13 heavy (non-hydrogen) atoms. The zero-order chi connectivity index (χ0) is 9.73. The van der Waals surface area contributed by atoms with Crippen LogP contribution < -0.4 is 0 Å². The second kappa shape index (κ2) is 4.80. The van der Waals surface area contributed by atoms with Gasteiger partial charge in [0.05, 0.1) is 26.2 Å². The molecule has 1 nitrogen and oxygen atoms in total. The van der Waals surface area contributed by atoms with Gasteiger partial charge in [-0.3, -0.25) is 0 Å². The molecule has 0 aliphatic carbocycles. The smallest absolute Gasteiger partial charge is 0.0976 e. The fourth-order valence-electron chi connectivity index (χ4n) is 2.19. The normalized spacial score (nSPS) is 21.2. The van der Waals surface area contributed by atoms with Crippen molar-refractivity contribution in [2.24, 2.45) is 0 Å². The molecule has 0 radical (unpaired) electrons. The maximum atomic E-state index is 2.41. The van der Waals surface area contributed by atoms with E-state index in [1.54, 1.807) is 0 Å².